The lowest BCUT2D eigenvalue weighted by atomic mass is 10.0. The lowest BCUT2D eigenvalue weighted by molar-refractivity contribution is -0.138. The molecule has 0 N–H and O–H groups in total. The summed E-state index contributed by atoms with van der Waals surface area (Å²) in [6.45, 7) is 2.52. The van der Waals surface area contributed by atoms with Crippen LogP contribution < -0.4 is 0 Å². The zero-order valence-corrected chi connectivity index (χ0v) is 14.6. The molecule has 0 atom stereocenters. The summed E-state index contributed by atoms with van der Waals surface area (Å²) in [4.78, 5) is 13.6. The van der Waals surface area contributed by atoms with Gasteiger partial charge in [0.05, 0.1) is 6.61 Å². The third kappa shape index (κ3) is 3.95. The van der Waals surface area contributed by atoms with E-state index >= 15 is 0 Å². The maximum atomic E-state index is 12.3. The SMILES string of the molecule is CCOC(=O)C(C#N)=C(N1CCc2ccccc2CC1)S(C)(=O)=O. The largest absolute Gasteiger partial charge is 0.462 e. The minimum atomic E-state index is -3.76. The van der Waals surface area contributed by atoms with Gasteiger partial charge in [-0.2, -0.15) is 5.26 Å². The Hall–Kier alpha value is -2.33. The van der Waals surface area contributed by atoms with Gasteiger partial charge in [-0.3, -0.25) is 0 Å². The van der Waals surface area contributed by atoms with Crippen molar-refractivity contribution >= 4 is 15.8 Å². The summed E-state index contributed by atoms with van der Waals surface area (Å²) in [5, 5.41) is 9.09. The molecule has 1 aromatic carbocycles. The fraction of sp³-hybridized carbons (Fsp3) is 0.412. The molecular formula is C17H20N2O4S. The lowest BCUT2D eigenvalue weighted by Gasteiger charge is -2.25. The summed E-state index contributed by atoms with van der Waals surface area (Å²) in [5.41, 5.74) is 1.86. The Balaban J connectivity index is 2.44. The number of carbonyl (C=O) groups excluding carboxylic acids is 1. The Kier molecular flexibility index (Phi) is 5.62. The molecule has 1 aliphatic rings. The summed E-state index contributed by atoms with van der Waals surface area (Å²) >= 11 is 0. The van der Waals surface area contributed by atoms with Gasteiger partial charge in [-0.15, -0.1) is 0 Å². The van der Waals surface area contributed by atoms with Crippen LogP contribution in [0.2, 0.25) is 0 Å². The van der Waals surface area contributed by atoms with Crippen molar-refractivity contribution in [1.82, 2.24) is 4.90 Å². The Morgan fingerprint density at radius 3 is 2.21 bits per heavy atom. The van der Waals surface area contributed by atoms with Crippen LogP contribution in [0.4, 0.5) is 0 Å². The molecule has 2 rings (SSSR count). The number of fused-ring (bicyclic) bond motifs is 1. The van der Waals surface area contributed by atoms with Gasteiger partial charge in [0.15, 0.2) is 20.4 Å². The molecule has 0 saturated heterocycles. The van der Waals surface area contributed by atoms with Crippen molar-refractivity contribution in [2.75, 3.05) is 26.0 Å². The van der Waals surface area contributed by atoms with E-state index in [1.807, 2.05) is 24.3 Å². The highest BCUT2D eigenvalue weighted by Crippen LogP contribution is 2.23. The van der Waals surface area contributed by atoms with E-state index in [4.69, 9.17) is 4.74 Å². The molecule has 0 unspecified atom stereocenters. The summed E-state index contributed by atoms with van der Waals surface area (Å²) in [6.07, 6.45) is 2.31. The van der Waals surface area contributed by atoms with Crippen LogP contribution in [-0.4, -0.2) is 45.2 Å². The molecule has 0 aliphatic carbocycles. The molecule has 0 aromatic heterocycles. The molecule has 0 spiro atoms. The molecule has 1 aromatic rings. The van der Waals surface area contributed by atoms with Crippen LogP contribution in [0, 0.1) is 11.3 Å². The third-order valence-electron chi connectivity index (χ3n) is 3.86. The number of hydrogen-bond donors (Lipinski definition) is 0. The maximum Gasteiger partial charge on any atom is 0.351 e. The molecule has 6 nitrogen and oxygen atoms in total. The van der Waals surface area contributed by atoms with Crippen LogP contribution >= 0.6 is 0 Å². The van der Waals surface area contributed by atoms with E-state index in [0.29, 0.717) is 25.9 Å². The average molecular weight is 348 g/mol. The molecule has 24 heavy (non-hydrogen) atoms. The van der Waals surface area contributed by atoms with Gasteiger partial charge >= 0.3 is 5.97 Å². The highest BCUT2D eigenvalue weighted by molar-refractivity contribution is 7.94. The molecule has 0 amide bonds. The van der Waals surface area contributed by atoms with Crippen LogP contribution in [0.25, 0.3) is 0 Å². The number of sulfone groups is 1. The Bertz CT molecular complexity index is 779. The van der Waals surface area contributed by atoms with Gasteiger partial charge in [0, 0.05) is 19.3 Å². The molecular weight excluding hydrogens is 328 g/mol. The van der Waals surface area contributed by atoms with Gasteiger partial charge < -0.3 is 9.64 Å². The monoisotopic (exact) mass is 348 g/mol. The summed E-state index contributed by atoms with van der Waals surface area (Å²) < 4.78 is 29.4. The zero-order chi connectivity index (χ0) is 17.7. The first-order valence-electron chi connectivity index (χ1n) is 7.71. The Morgan fingerprint density at radius 2 is 1.79 bits per heavy atom. The standard InChI is InChI=1S/C17H20N2O4S/c1-3-23-17(20)15(12-18)16(24(2,21)22)19-10-8-13-6-4-5-7-14(13)9-11-19/h4-7H,3,8-11H2,1-2H3. The number of nitriles is 1. The third-order valence-corrected chi connectivity index (χ3v) is 5.03. The number of benzene rings is 1. The van der Waals surface area contributed by atoms with Gasteiger partial charge in [0.1, 0.15) is 6.07 Å². The highest BCUT2D eigenvalue weighted by atomic mass is 32.2. The van der Waals surface area contributed by atoms with Gasteiger partial charge in [0.25, 0.3) is 0 Å². The highest BCUT2D eigenvalue weighted by Gasteiger charge is 2.30. The quantitative estimate of drug-likeness (QED) is 0.465. The van der Waals surface area contributed by atoms with Gasteiger partial charge in [-0.1, -0.05) is 24.3 Å². The molecule has 0 radical (unpaired) electrons. The number of nitrogens with zero attached hydrogens (tertiary/aromatic N) is 2. The fourth-order valence-electron chi connectivity index (χ4n) is 2.83. The van der Waals surface area contributed by atoms with Gasteiger partial charge in [-0.25, -0.2) is 13.2 Å². The first-order valence-corrected chi connectivity index (χ1v) is 9.61. The van der Waals surface area contributed by atoms with Crippen molar-refractivity contribution in [2.24, 2.45) is 0 Å². The number of hydrogen-bond acceptors (Lipinski definition) is 6. The van der Waals surface area contributed by atoms with E-state index in [0.717, 1.165) is 17.4 Å². The van der Waals surface area contributed by atoms with Crippen molar-refractivity contribution in [3.63, 3.8) is 0 Å². The molecule has 7 heteroatoms. The van der Waals surface area contributed by atoms with E-state index in [-0.39, 0.29) is 11.6 Å². The Labute approximate surface area is 142 Å². The minimum Gasteiger partial charge on any atom is -0.462 e. The van der Waals surface area contributed by atoms with Crippen LogP contribution in [0.3, 0.4) is 0 Å². The van der Waals surface area contributed by atoms with E-state index in [2.05, 4.69) is 0 Å². The number of rotatable bonds is 4. The second-order valence-electron chi connectivity index (χ2n) is 5.54. The summed E-state index contributed by atoms with van der Waals surface area (Å²) in [5.74, 6) is -0.901. The Morgan fingerprint density at radius 1 is 1.25 bits per heavy atom. The van der Waals surface area contributed by atoms with Crippen LogP contribution in [0.1, 0.15) is 18.1 Å². The van der Waals surface area contributed by atoms with E-state index in [1.54, 1.807) is 17.9 Å². The number of carbonyl (C=O) groups is 1. The smallest absolute Gasteiger partial charge is 0.351 e. The van der Waals surface area contributed by atoms with Crippen LogP contribution in [-0.2, 0) is 32.2 Å². The summed E-state index contributed by atoms with van der Waals surface area (Å²) in [6, 6.07) is 9.63. The topological polar surface area (TPSA) is 87.5 Å². The number of ether oxygens (including phenoxy) is 1. The van der Waals surface area contributed by atoms with Crippen molar-refractivity contribution < 1.29 is 17.9 Å². The van der Waals surface area contributed by atoms with Crippen molar-refractivity contribution in [3.05, 3.63) is 46.0 Å². The first-order chi connectivity index (χ1) is 11.4. The van der Waals surface area contributed by atoms with Crippen molar-refractivity contribution in [1.29, 1.82) is 5.26 Å². The molecule has 0 fully saturated rings. The van der Waals surface area contributed by atoms with Crippen molar-refractivity contribution in [3.8, 4) is 6.07 Å². The molecule has 0 bridgehead atoms. The van der Waals surface area contributed by atoms with Gasteiger partial charge in [0.2, 0.25) is 0 Å². The number of esters is 1. The second-order valence-corrected chi connectivity index (χ2v) is 7.47. The first kappa shape index (κ1) is 18.0. The van der Waals surface area contributed by atoms with Gasteiger partial charge in [-0.05, 0) is 30.9 Å². The van der Waals surface area contributed by atoms with Crippen LogP contribution in [0.5, 0.6) is 0 Å². The molecule has 1 aliphatic heterocycles. The predicted molar refractivity (Wildman–Crippen MR) is 89.5 cm³/mol. The maximum absolute atomic E-state index is 12.3. The summed E-state index contributed by atoms with van der Waals surface area (Å²) in [7, 11) is -3.76. The normalized spacial score (nSPS) is 15.6. The minimum absolute atomic E-state index is 0.0759. The van der Waals surface area contributed by atoms with E-state index in [1.165, 1.54) is 0 Å². The molecule has 128 valence electrons. The lowest BCUT2D eigenvalue weighted by Crippen LogP contribution is -2.32. The van der Waals surface area contributed by atoms with E-state index in [9.17, 15) is 18.5 Å². The van der Waals surface area contributed by atoms with Crippen molar-refractivity contribution in [2.45, 2.75) is 19.8 Å². The van der Waals surface area contributed by atoms with Crippen LogP contribution in [0.15, 0.2) is 34.9 Å². The fourth-order valence-corrected chi connectivity index (χ4v) is 3.98. The average Bonchev–Trinajstić information content (AvgIpc) is 2.74. The van der Waals surface area contributed by atoms with E-state index < -0.39 is 21.4 Å². The zero-order valence-electron chi connectivity index (χ0n) is 13.8. The predicted octanol–water partition coefficient (Wildman–Crippen LogP) is 1.43. The molecule has 0 saturated carbocycles. The molecule has 1 heterocycles. The second kappa shape index (κ2) is 7.49.